The zero-order valence-corrected chi connectivity index (χ0v) is 5.21. The lowest BCUT2D eigenvalue weighted by Gasteiger charge is -2.05. The quantitative estimate of drug-likeness (QED) is 0.301. The van der Waals surface area contributed by atoms with Crippen LogP contribution in [0.4, 0.5) is 0 Å². The smallest absolute Gasteiger partial charge is 0.151 e. The highest BCUT2D eigenvalue weighted by Gasteiger charge is 2.17. The first kappa shape index (κ1) is 5.63. The summed E-state index contributed by atoms with van der Waals surface area (Å²) in [5.41, 5.74) is -0.165. The highest BCUT2D eigenvalue weighted by molar-refractivity contribution is 6.25. The molecule has 0 spiro atoms. The Labute approximate surface area is 52.5 Å². The molecule has 0 aromatic rings. The molecule has 1 unspecified atom stereocenters. The first-order chi connectivity index (χ1) is 3.30. The SMILES string of the molecule is ClC1NCCN1Cl. The summed E-state index contributed by atoms with van der Waals surface area (Å²) in [7, 11) is 0. The third kappa shape index (κ3) is 1.19. The molecule has 1 rings (SSSR count). The third-order valence-electron chi connectivity index (χ3n) is 0.884. The second kappa shape index (κ2) is 2.18. The van der Waals surface area contributed by atoms with E-state index < -0.39 is 0 Å². The molecule has 1 aliphatic heterocycles. The summed E-state index contributed by atoms with van der Waals surface area (Å²) in [6, 6.07) is 0. The number of nitrogens with zero attached hydrogens (tertiary/aromatic N) is 1. The van der Waals surface area contributed by atoms with Gasteiger partial charge in [0.15, 0.2) is 5.62 Å². The predicted octanol–water partition coefficient (Wildman–Crippen LogP) is 0.568. The molecular formula is C3H6Cl2N2. The fourth-order valence-corrected chi connectivity index (χ4v) is 0.863. The monoisotopic (exact) mass is 140 g/mol. The van der Waals surface area contributed by atoms with E-state index in [1.807, 2.05) is 0 Å². The minimum absolute atomic E-state index is 0.165. The number of hydrogen-bond acceptors (Lipinski definition) is 2. The van der Waals surface area contributed by atoms with Crippen molar-refractivity contribution in [2.24, 2.45) is 0 Å². The van der Waals surface area contributed by atoms with E-state index in [1.54, 1.807) is 0 Å². The normalized spacial score (nSPS) is 34.3. The molecule has 0 aromatic carbocycles. The van der Waals surface area contributed by atoms with Crippen molar-refractivity contribution in [3.8, 4) is 0 Å². The molecule has 0 aromatic heterocycles. The zero-order chi connectivity index (χ0) is 5.28. The fourth-order valence-electron chi connectivity index (χ4n) is 0.503. The van der Waals surface area contributed by atoms with Crippen LogP contribution in [0.5, 0.6) is 0 Å². The molecule has 0 radical (unpaired) electrons. The lowest BCUT2D eigenvalue weighted by Crippen LogP contribution is -2.22. The second-order valence-electron chi connectivity index (χ2n) is 1.41. The Bertz CT molecular complexity index is 60.0. The molecule has 1 saturated heterocycles. The molecule has 1 aliphatic rings. The molecule has 7 heavy (non-hydrogen) atoms. The van der Waals surface area contributed by atoms with Crippen LogP contribution in [-0.2, 0) is 0 Å². The first-order valence-electron chi connectivity index (χ1n) is 2.10. The maximum absolute atomic E-state index is 5.55. The van der Waals surface area contributed by atoms with Crippen LogP contribution in [0.15, 0.2) is 0 Å². The molecule has 0 amide bonds. The Morgan fingerprint density at radius 3 is 2.57 bits per heavy atom. The zero-order valence-electron chi connectivity index (χ0n) is 3.69. The van der Waals surface area contributed by atoms with Crippen LogP contribution in [0.1, 0.15) is 0 Å². The van der Waals surface area contributed by atoms with Crippen LogP contribution in [0.2, 0.25) is 0 Å². The van der Waals surface area contributed by atoms with Crippen molar-refractivity contribution in [2.45, 2.75) is 5.62 Å². The molecule has 1 heterocycles. The van der Waals surface area contributed by atoms with Crippen LogP contribution in [0, 0.1) is 0 Å². The molecule has 1 N–H and O–H groups in total. The first-order valence-corrected chi connectivity index (χ1v) is 2.88. The van der Waals surface area contributed by atoms with Gasteiger partial charge in [0.25, 0.3) is 0 Å². The standard InChI is InChI=1S/C3H6Cl2N2/c4-3-6-1-2-7(3)5/h3,6H,1-2H2. The topological polar surface area (TPSA) is 15.3 Å². The fraction of sp³-hybridized carbons (Fsp3) is 1.00. The van der Waals surface area contributed by atoms with E-state index in [2.05, 4.69) is 5.32 Å². The summed E-state index contributed by atoms with van der Waals surface area (Å²) in [5, 5.41) is 2.93. The summed E-state index contributed by atoms with van der Waals surface area (Å²) in [4.78, 5) is 0. The number of nitrogens with one attached hydrogen (secondary N) is 1. The summed E-state index contributed by atoms with van der Waals surface area (Å²) in [6.07, 6.45) is 0. The average Bonchev–Trinajstić information content (AvgIpc) is 1.91. The largest absolute Gasteiger partial charge is 0.287 e. The van der Waals surface area contributed by atoms with Crippen molar-refractivity contribution >= 4 is 23.4 Å². The van der Waals surface area contributed by atoms with Gasteiger partial charge in [-0.1, -0.05) is 11.6 Å². The Morgan fingerprint density at radius 1 is 1.71 bits per heavy atom. The molecule has 0 aliphatic carbocycles. The van der Waals surface area contributed by atoms with E-state index >= 15 is 0 Å². The van der Waals surface area contributed by atoms with Crippen LogP contribution >= 0.6 is 23.4 Å². The van der Waals surface area contributed by atoms with Gasteiger partial charge >= 0.3 is 0 Å². The minimum atomic E-state index is -0.165. The van der Waals surface area contributed by atoms with Crippen molar-refractivity contribution in [1.82, 2.24) is 9.74 Å². The van der Waals surface area contributed by atoms with Gasteiger partial charge in [-0.05, 0) is 11.8 Å². The van der Waals surface area contributed by atoms with E-state index in [4.69, 9.17) is 23.4 Å². The van der Waals surface area contributed by atoms with Crippen LogP contribution in [0.3, 0.4) is 0 Å². The van der Waals surface area contributed by atoms with Crippen molar-refractivity contribution in [3.63, 3.8) is 0 Å². The van der Waals surface area contributed by atoms with Gasteiger partial charge in [-0.3, -0.25) is 5.32 Å². The Morgan fingerprint density at radius 2 is 2.43 bits per heavy atom. The van der Waals surface area contributed by atoms with Crippen LogP contribution < -0.4 is 5.32 Å². The van der Waals surface area contributed by atoms with Gasteiger partial charge in [-0.15, -0.1) is 0 Å². The third-order valence-corrected chi connectivity index (χ3v) is 1.74. The molecule has 4 heteroatoms. The molecule has 1 atom stereocenters. The van der Waals surface area contributed by atoms with Crippen LogP contribution in [0.25, 0.3) is 0 Å². The molecular weight excluding hydrogens is 135 g/mol. The van der Waals surface area contributed by atoms with E-state index in [1.165, 1.54) is 4.42 Å². The Balaban J connectivity index is 2.33. The van der Waals surface area contributed by atoms with Gasteiger partial charge in [-0.2, -0.15) is 4.42 Å². The summed E-state index contributed by atoms with van der Waals surface area (Å²) < 4.78 is 1.53. The molecule has 1 fully saturated rings. The minimum Gasteiger partial charge on any atom is -0.287 e. The van der Waals surface area contributed by atoms with E-state index in [0.29, 0.717) is 0 Å². The average molecular weight is 141 g/mol. The van der Waals surface area contributed by atoms with Crippen molar-refractivity contribution < 1.29 is 0 Å². The summed E-state index contributed by atoms with van der Waals surface area (Å²) >= 11 is 11.0. The van der Waals surface area contributed by atoms with Gasteiger partial charge in [0, 0.05) is 13.1 Å². The second-order valence-corrected chi connectivity index (χ2v) is 2.26. The van der Waals surface area contributed by atoms with Gasteiger partial charge in [-0.25, -0.2) is 0 Å². The van der Waals surface area contributed by atoms with Gasteiger partial charge in [0.2, 0.25) is 0 Å². The summed E-state index contributed by atoms with van der Waals surface area (Å²) in [6.45, 7) is 1.72. The number of halogens is 2. The molecule has 0 bridgehead atoms. The predicted molar refractivity (Wildman–Crippen MR) is 30.2 cm³/mol. The molecule has 0 saturated carbocycles. The lowest BCUT2D eigenvalue weighted by molar-refractivity contribution is 0.509. The number of rotatable bonds is 0. The highest BCUT2D eigenvalue weighted by Crippen LogP contribution is 2.08. The Kier molecular flexibility index (Phi) is 1.75. The summed E-state index contributed by atoms with van der Waals surface area (Å²) in [5.74, 6) is 0. The van der Waals surface area contributed by atoms with Gasteiger partial charge in [0.05, 0.1) is 0 Å². The molecule has 2 nitrogen and oxygen atoms in total. The van der Waals surface area contributed by atoms with Crippen molar-refractivity contribution in [1.29, 1.82) is 0 Å². The Hall–Kier alpha value is 0.500. The lowest BCUT2D eigenvalue weighted by atomic mass is 10.7. The maximum atomic E-state index is 5.55. The van der Waals surface area contributed by atoms with Crippen LogP contribution in [-0.4, -0.2) is 23.1 Å². The number of alkyl halides is 1. The maximum Gasteiger partial charge on any atom is 0.151 e. The van der Waals surface area contributed by atoms with E-state index in [-0.39, 0.29) is 5.62 Å². The van der Waals surface area contributed by atoms with Crippen molar-refractivity contribution in [3.05, 3.63) is 0 Å². The van der Waals surface area contributed by atoms with Gasteiger partial charge in [0.1, 0.15) is 0 Å². The highest BCUT2D eigenvalue weighted by atomic mass is 35.5. The van der Waals surface area contributed by atoms with Gasteiger partial charge < -0.3 is 0 Å². The van der Waals surface area contributed by atoms with E-state index in [9.17, 15) is 0 Å². The number of hydrogen-bond donors (Lipinski definition) is 1. The van der Waals surface area contributed by atoms with Crippen molar-refractivity contribution in [2.75, 3.05) is 13.1 Å². The van der Waals surface area contributed by atoms with E-state index in [0.717, 1.165) is 13.1 Å². The molecule has 42 valence electrons.